The second kappa shape index (κ2) is 9.53. The minimum Gasteiger partial charge on any atom is -0.481 e. The molecule has 2 aromatic heterocycles. The fourth-order valence-corrected chi connectivity index (χ4v) is 5.29. The van der Waals surface area contributed by atoms with E-state index in [2.05, 4.69) is 10.5 Å². The third kappa shape index (κ3) is 4.28. The predicted molar refractivity (Wildman–Crippen MR) is 149 cm³/mol. The number of aromatic nitrogens is 1. The molecule has 1 atom stereocenters. The van der Waals surface area contributed by atoms with Gasteiger partial charge in [0.2, 0.25) is 0 Å². The molecule has 1 saturated carbocycles. The molecule has 5 aromatic rings. The van der Waals surface area contributed by atoms with Gasteiger partial charge in [-0.2, -0.15) is 0 Å². The zero-order valence-corrected chi connectivity index (χ0v) is 22.2. The SMILES string of the molecule is Cc1onc(-c2ccc3c(c2)oc(=O)c2cc(C4(C(=O)O)CC4)ccc23)c1NC(=O)OC(C)c1ccccc1Cl. The monoisotopic (exact) mass is 558 g/mol. The molecule has 1 aliphatic rings. The standard InChI is InChI=1S/C30H23ClN2O7/c1-15(19-5-3-4-6-23(19)31)38-29(37)32-25-16(2)40-33-26(25)17-7-9-21-20-10-8-18(30(11-12-30)28(35)36)14-22(20)27(34)39-24(21)13-17/h3-10,13-15H,11-12H2,1-2H3,(H,32,37)(H,35,36). The van der Waals surface area contributed by atoms with Crippen LogP contribution in [0.1, 0.15) is 42.8 Å². The molecule has 9 nitrogen and oxygen atoms in total. The van der Waals surface area contributed by atoms with Gasteiger partial charge in [0, 0.05) is 21.5 Å². The highest BCUT2D eigenvalue weighted by atomic mass is 35.5. The molecule has 3 aromatic carbocycles. The van der Waals surface area contributed by atoms with Crippen LogP contribution in [0.5, 0.6) is 0 Å². The highest BCUT2D eigenvalue weighted by Gasteiger charge is 2.51. The van der Waals surface area contributed by atoms with E-state index < -0.39 is 29.2 Å². The summed E-state index contributed by atoms with van der Waals surface area (Å²) in [5.41, 5.74) is 1.25. The number of ether oxygens (including phenoxy) is 1. The number of anilines is 1. The molecule has 0 spiro atoms. The first-order valence-corrected chi connectivity index (χ1v) is 13.0. The van der Waals surface area contributed by atoms with Gasteiger partial charge >= 0.3 is 17.7 Å². The van der Waals surface area contributed by atoms with Gasteiger partial charge in [-0.25, -0.2) is 9.59 Å². The number of aliphatic carboxylic acids is 1. The van der Waals surface area contributed by atoms with Crippen LogP contribution >= 0.6 is 11.6 Å². The molecule has 10 heteroatoms. The van der Waals surface area contributed by atoms with Crippen LogP contribution in [0.2, 0.25) is 5.02 Å². The maximum atomic E-state index is 12.9. The maximum absolute atomic E-state index is 12.9. The molecule has 202 valence electrons. The van der Waals surface area contributed by atoms with Gasteiger partial charge in [0.05, 0.1) is 10.8 Å². The number of benzene rings is 3. The number of rotatable bonds is 6. The van der Waals surface area contributed by atoms with Crippen LogP contribution in [0.4, 0.5) is 10.5 Å². The Morgan fingerprint density at radius 3 is 2.55 bits per heavy atom. The number of fused-ring (bicyclic) bond motifs is 3. The molecule has 1 amide bonds. The van der Waals surface area contributed by atoms with Crippen molar-refractivity contribution >= 4 is 51.1 Å². The second-order valence-electron chi connectivity index (χ2n) is 9.90. The molecule has 0 saturated heterocycles. The molecule has 1 unspecified atom stereocenters. The van der Waals surface area contributed by atoms with Crippen LogP contribution in [0.15, 0.2) is 74.4 Å². The van der Waals surface area contributed by atoms with Crippen molar-refractivity contribution in [2.75, 3.05) is 5.32 Å². The number of nitrogens with one attached hydrogen (secondary N) is 1. The van der Waals surface area contributed by atoms with Crippen molar-refractivity contribution in [3.05, 3.63) is 93.0 Å². The summed E-state index contributed by atoms with van der Waals surface area (Å²) in [6, 6.07) is 17.4. The third-order valence-electron chi connectivity index (χ3n) is 7.42. The number of carbonyl (C=O) groups excluding carboxylic acids is 1. The van der Waals surface area contributed by atoms with Crippen molar-refractivity contribution in [3.8, 4) is 11.3 Å². The Labute approximate surface area is 232 Å². The Hall–Kier alpha value is -4.63. The van der Waals surface area contributed by atoms with E-state index in [1.165, 1.54) is 0 Å². The Morgan fingerprint density at radius 1 is 1.07 bits per heavy atom. The Kier molecular flexibility index (Phi) is 6.11. The summed E-state index contributed by atoms with van der Waals surface area (Å²) in [6.45, 7) is 3.37. The van der Waals surface area contributed by atoms with Crippen LogP contribution in [0, 0.1) is 6.92 Å². The summed E-state index contributed by atoms with van der Waals surface area (Å²) in [4.78, 5) is 37.4. The fourth-order valence-electron chi connectivity index (χ4n) is 5.00. The zero-order valence-electron chi connectivity index (χ0n) is 21.5. The van der Waals surface area contributed by atoms with Gasteiger partial charge in [-0.15, -0.1) is 0 Å². The molecule has 0 aliphatic heterocycles. The molecule has 2 heterocycles. The lowest BCUT2D eigenvalue weighted by Crippen LogP contribution is -2.19. The summed E-state index contributed by atoms with van der Waals surface area (Å²) in [5, 5.41) is 18.6. The normalized spacial score (nSPS) is 14.7. The largest absolute Gasteiger partial charge is 0.481 e. The van der Waals surface area contributed by atoms with E-state index in [0.29, 0.717) is 73.4 Å². The van der Waals surface area contributed by atoms with E-state index in [0.717, 1.165) is 0 Å². The quantitative estimate of drug-likeness (QED) is 0.168. The number of nitrogens with zero attached hydrogens (tertiary/aromatic N) is 1. The summed E-state index contributed by atoms with van der Waals surface area (Å²) in [6.07, 6.45) is -0.248. The summed E-state index contributed by atoms with van der Waals surface area (Å²) in [5.74, 6) is -0.534. The molecule has 1 aliphatic carbocycles. The van der Waals surface area contributed by atoms with Gasteiger partial charge in [0.25, 0.3) is 0 Å². The first-order chi connectivity index (χ1) is 19.2. The lowest BCUT2D eigenvalue weighted by molar-refractivity contribution is -0.140. The molecular formula is C30H23ClN2O7. The number of halogens is 1. The summed E-state index contributed by atoms with van der Waals surface area (Å²) < 4.78 is 16.5. The Morgan fingerprint density at radius 2 is 1.82 bits per heavy atom. The fraction of sp³-hybridized carbons (Fsp3) is 0.200. The molecule has 0 bridgehead atoms. The molecule has 2 N–H and O–H groups in total. The minimum atomic E-state index is -0.931. The van der Waals surface area contributed by atoms with E-state index in [1.807, 2.05) is 0 Å². The topological polar surface area (TPSA) is 132 Å². The average molecular weight is 559 g/mol. The third-order valence-corrected chi connectivity index (χ3v) is 7.76. The Bertz CT molecular complexity index is 1890. The molecule has 40 heavy (non-hydrogen) atoms. The first-order valence-electron chi connectivity index (χ1n) is 12.6. The maximum Gasteiger partial charge on any atom is 0.412 e. The second-order valence-corrected chi connectivity index (χ2v) is 10.3. The van der Waals surface area contributed by atoms with E-state index >= 15 is 0 Å². The van der Waals surface area contributed by atoms with Gasteiger partial charge in [-0.3, -0.25) is 10.1 Å². The highest BCUT2D eigenvalue weighted by Crippen LogP contribution is 2.49. The van der Waals surface area contributed by atoms with Crippen LogP contribution in [-0.2, 0) is 14.9 Å². The number of amides is 1. The first kappa shape index (κ1) is 25.6. The van der Waals surface area contributed by atoms with Crippen LogP contribution in [0.25, 0.3) is 33.0 Å². The number of carboxylic acid groups (broad SMARTS) is 1. The minimum absolute atomic E-state index is 0.309. The number of aryl methyl sites for hydroxylation is 1. The van der Waals surface area contributed by atoms with E-state index in [1.54, 1.807) is 74.5 Å². The molecule has 1 fully saturated rings. The van der Waals surface area contributed by atoms with Gasteiger partial charge in [-0.05, 0) is 61.9 Å². The van der Waals surface area contributed by atoms with Crippen LogP contribution in [0.3, 0.4) is 0 Å². The summed E-state index contributed by atoms with van der Waals surface area (Å²) in [7, 11) is 0. The van der Waals surface area contributed by atoms with Crippen molar-refractivity contribution in [3.63, 3.8) is 0 Å². The van der Waals surface area contributed by atoms with Crippen LogP contribution < -0.4 is 10.9 Å². The molecule has 6 rings (SSSR count). The molecular weight excluding hydrogens is 536 g/mol. The lowest BCUT2D eigenvalue weighted by atomic mass is 9.93. The van der Waals surface area contributed by atoms with E-state index in [9.17, 15) is 19.5 Å². The smallest absolute Gasteiger partial charge is 0.412 e. The number of carbonyl (C=O) groups is 2. The Balaban J connectivity index is 1.31. The van der Waals surface area contributed by atoms with Gasteiger partial charge in [0.15, 0.2) is 5.76 Å². The van der Waals surface area contributed by atoms with E-state index in [-0.39, 0.29) is 0 Å². The lowest BCUT2D eigenvalue weighted by Gasteiger charge is -2.15. The van der Waals surface area contributed by atoms with Crippen molar-refractivity contribution in [1.29, 1.82) is 0 Å². The molecule has 0 radical (unpaired) electrons. The van der Waals surface area contributed by atoms with Gasteiger partial charge in [0.1, 0.15) is 23.1 Å². The number of carboxylic acids is 1. The number of hydrogen-bond donors (Lipinski definition) is 2. The number of hydrogen-bond acceptors (Lipinski definition) is 7. The zero-order chi connectivity index (χ0) is 28.2. The van der Waals surface area contributed by atoms with Crippen molar-refractivity contribution in [1.82, 2.24) is 5.16 Å². The summed E-state index contributed by atoms with van der Waals surface area (Å²) >= 11 is 6.22. The van der Waals surface area contributed by atoms with Crippen LogP contribution in [-0.4, -0.2) is 22.3 Å². The van der Waals surface area contributed by atoms with Crippen molar-refractivity contribution < 1.29 is 28.4 Å². The van der Waals surface area contributed by atoms with Gasteiger partial charge in [-0.1, -0.05) is 53.2 Å². The van der Waals surface area contributed by atoms with Gasteiger partial charge < -0.3 is 18.8 Å². The van der Waals surface area contributed by atoms with E-state index in [4.69, 9.17) is 25.3 Å². The van der Waals surface area contributed by atoms with Crippen molar-refractivity contribution in [2.45, 2.75) is 38.2 Å². The average Bonchev–Trinajstić information content (AvgIpc) is 3.68. The van der Waals surface area contributed by atoms with Crippen molar-refractivity contribution in [2.24, 2.45) is 0 Å². The highest BCUT2D eigenvalue weighted by molar-refractivity contribution is 6.31. The predicted octanol–water partition coefficient (Wildman–Crippen LogP) is 6.99.